The molecule has 0 amide bonds. The van der Waals surface area contributed by atoms with Gasteiger partial charge >= 0.3 is 0 Å². The van der Waals surface area contributed by atoms with Crippen LogP contribution < -0.4 is 10.5 Å². The van der Waals surface area contributed by atoms with E-state index < -0.39 is 19.9 Å². The Labute approximate surface area is 134 Å². The first-order valence-corrected chi connectivity index (χ1v) is 11.0. The lowest BCUT2D eigenvalue weighted by Gasteiger charge is -2.45. The van der Waals surface area contributed by atoms with Crippen LogP contribution in [0.5, 0.6) is 0 Å². The largest absolute Gasteiger partial charge is 0.304 e. The van der Waals surface area contributed by atoms with Crippen LogP contribution in [0, 0.1) is 0 Å². The highest BCUT2D eigenvalue weighted by molar-refractivity contribution is 7.95. The van der Waals surface area contributed by atoms with Crippen LogP contribution in [0.15, 0.2) is 14.5 Å². The van der Waals surface area contributed by atoms with E-state index in [-0.39, 0.29) is 32.3 Å². The van der Waals surface area contributed by atoms with Crippen LogP contribution in [-0.4, -0.2) is 53.2 Å². The lowest BCUT2D eigenvalue weighted by Crippen LogP contribution is -2.59. The molecule has 0 saturated carbocycles. The number of piperazine rings is 1. The maximum atomic E-state index is 12.5. The van der Waals surface area contributed by atoms with Gasteiger partial charge in [0.1, 0.15) is 8.42 Å². The molecule has 0 aliphatic carbocycles. The summed E-state index contributed by atoms with van der Waals surface area (Å²) in [6.07, 6.45) is 0.918. The van der Waals surface area contributed by atoms with Gasteiger partial charge in [-0.1, -0.05) is 6.92 Å². The molecule has 1 saturated heterocycles. The van der Waals surface area contributed by atoms with Crippen molar-refractivity contribution in [2.75, 3.05) is 19.3 Å². The van der Waals surface area contributed by atoms with Crippen molar-refractivity contribution in [1.29, 1.82) is 0 Å². The van der Waals surface area contributed by atoms with Gasteiger partial charge in [0.05, 0.1) is 11.8 Å². The van der Waals surface area contributed by atoms with Gasteiger partial charge in [0, 0.05) is 24.2 Å². The van der Waals surface area contributed by atoms with E-state index in [0.29, 0.717) is 5.56 Å². The highest BCUT2D eigenvalue weighted by Crippen LogP contribution is 2.42. The van der Waals surface area contributed by atoms with Gasteiger partial charge in [-0.15, -0.1) is 11.3 Å². The predicted octanol–water partition coefficient (Wildman–Crippen LogP) is -0.0939. The number of likely N-dealkylation sites (N-methyl/N-ethyl adjacent to an activating group) is 1. The second kappa shape index (κ2) is 5.25. The molecule has 22 heavy (non-hydrogen) atoms. The van der Waals surface area contributed by atoms with E-state index in [2.05, 4.69) is 12.2 Å². The summed E-state index contributed by atoms with van der Waals surface area (Å²) in [5.74, 6) is -0.00479. The van der Waals surface area contributed by atoms with Crippen LogP contribution in [-0.2, 0) is 19.9 Å². The molecule has 0 radical (unpaired) electrons. The molecule has 1 aromatic rings. The monoisotopic (exact) mass is 365 g/mol. The summed E-state index contributed by atoms with van der Waals surface area (Å²) in [5, 5.41) is 8.62. The first-order chi connectivity index (χ1) is 10.1. The summed E-state index contributed by atoms with van der Waals surface area (Å²) in [5.41, 5.74) is 0.537. The van der Waals surface area contributed by atoms with E-state index in [1.54, 1.807) is 0 Å². The van der Waals surface area contributed by atoms with Gasteiger partial charge in [-0.2, -0.15) is 0 Å². The molecule has 3 unspecified atom stereocenters. The van der Waals surface area contributed by atoms with Crippen LogP contribution in [0.4, 0.5) is 0 Å². The fraction of sp³-hybridized carbons (Fsp3) is 0.667. The fourth-order valence-electron chi connectivity index (χ4n) is 3.19. The van der Waals surface area contributed by atoms with Crippen LogP contribution >= 0.6 is 11.3 Å². The van der Waals surface area contributed by atoms with Crippen LogP contribution in [0.25, 0.3) is 0 Å². The summed E-state index contributed by atoms with van der Waals surface area (Å²) >= 11 is 0.756. The number of sulfone groups is 1. The number of hydrogen-bond acceptors (Lipinski definition) is 7. The van der Waals surface area contributed by atoms with Crippen molar-refractivity contribution in [2.24, 2.45) is 5.14 Å². The Morgan fingerprint density at radius 3 is 2.77 bits per heavy atom. The molecule has 3 heterocycles. The van der Waals surface area contributed by atoms with E-state index in [4.69, 9.17) is 5.14 Å². The molecule has 0 aromatic carbocycles. The highest BCUT2D eigenvalue weighted by Gasteiger charge is 2.45. The van der Waals surface area contributed by atoms with E-state index in [0.717, 1.165) is 24.3 Å². The third-order valence-electron chi connectivity index (χ3n) is 4.36. The summed E-state index contributed by atoms with van der Waals surface area (Å²) in [7, 11) is -5.49. The van der Waals surface area contributed by atoms with Crippen molar-refractivity contribution in [2.45, 2.75) is 39.9 Å². The summed E-state index contributed by atoms with van der Waals surface area (Å²) in [6, 6.07) is 1.29. The zero-order chi connectivity index (χ0) is 16.3. The lowest BCUT2D eigenvalue weighted by molar-refractivity contribution is 0.124. The molecule has 3 rings (SSSR count). The molecule has 7 nitrogen and oxygen atoms in total. The Hall–Kier alpha value is -0.520. The standard InChI is InChI=1S/C12H19N3O4S3/c1-3-7-5-15(2)9-6-21(16,17)12-8(11(9)14-7)4-10(20-12)22(13,18)19/h4,7,9,11,14H,3,5-6H2,1-2H3,(H2,13,18,19). The molecule has 0 bridgehead atoms. The van der Waals surface area contributed by atoms with E-state index >= 15 is 0 Å². The molecule has 2 aliphatic rings. The van der Waals surface area contributed by atoms with Crippen molar-refractivity contribution in [1.82, 2.24) is 10.2 Å². The van der Waals surface area contributed by atoms with Crippen molar-refractivity contribution in [3.63, 3.8) is 0 Å². The maximum Gasteiger partial charge on any atom is 0.247 e. The third-order valence-corrected chi connectivity index (χ3v) is 9.32. The first-order valence-electron chi connectivity index (χ1n) is 6.99. The Bertz CT molecular complexity index is 800. The molecular formula is C12H19N3O4S3. The molecule has 124 valence electrons. The Kier molecular flexibility index (Phi) is 3.90. The second-order valence-corrected chi connectivity index (χ2v) is 11.0. The highest BCUT2D eigenvalue weighted by atomic mass is 32.3. The normalized spacial score (nSPS) is 31.5. The number of nitrogens with one attached hydrogen (secondary N) is 1. The summed E-state index contributed by atoms with van der Waals surface area (Å²) in [6.45, 7) is 2.84. The lowest BCUT2D eigenvalue weighted by atomic mass is 9.96. The maximum absolute atomic E-state index is 12.5. The number of fused-ring (bicyclic) bond motifs is 3. The van der Waals surface area contributed by atoms with Crippen molar-refractivity contribution >= 4 is 31.2 Å². The molecule has 10 heteroatoms. The number of rotatable bonds is 2. The van der Waals surface area contributed by atoms with Crippen molar-refractivity contribution in [3.8, 4) is 0 Å². The van der Waals surface area contributed by atoms with Gasteiger partial charge in [0.25, 0.3) is 0 Å². The number of hydrogen-bond donors (Lipinski definition) is 2. The molecular weight excluding hydrogens is 346 g/mol. The molecule has 0 spiro atoms. The third kappa shape index (κ3) is 2.61. The number of thiophene rings is 1. The van der Waals surface area contributed by atoms with Crippen molar-refractivity contribution < 1.29 is 16.8 Å². The van der Waals surface area contributed by atoms with E-state index in [1.165, 1.54) is 6.07 Å². The summed E-state index contributed by atoms with van der Waals surface area (Å²) < 4.78 is 48.2. The minimum atomic E-state index is -3.90. The Morgan fingerprint density at radius 1 is 1.50 bits per heavy atom. The second-order valence-electron chi connectivity index (χ2n) is 5.89. The number of primary sulfonamides is 1. The Balaban J connectivity index is 2.15. The SMILES string of the molecule is CCC1CN(C)C2CS(=O)(=O)c3sc(S(N)(=O)=O)cc3C2N1. The zero-order valence-corrected chi connectivity index (χ0v) is 14.8. The van der Waals surface area contributed by atoms with Crippen LogP contribution in [0.1, 0.15) is 24.9 Å². The topological polar surface area (TPSA) is 110 Å². The van der Waals surface area contributed by atoms with Gasteiger partial charge in [-0.3, -0.25) is 4.90 Å². The Morgan fingerprint density at radius 2 is 2.18 bits per heavy atom. The van der Waals surface area contributed by atoms with Gasteiger partial charge in [-0.25, -0.2) is 22.0 Å². The van der Waals surface area contributed by atoms with Crippen LogP contribution in [0.3, 0.4) is 0 Å². The van der Waals surface area contributed by atoms with Crippen molar-refractivity contribution in [3.05, 3.63) is 11.6 Å². The smallest absolute Gasteiger partial charge is 0.247 e. The molecule has 2 aliphatic heterocycles. The molecule has 3 atom stereocenters. The number of nitrogens with two attached hydrogens (primary N) is 1. The summed E-state index contributed by atoms with van der Waals surface area (Å²) in [4.78, 5) is 2.05. The van der Waals surface area contributed by atoms with Gasteiger partial charge in [0.2, 0.25) is 10.0 Å². The number of nitrogens with zero attached hydrogens (tertiary/aromatic N) is 1. The minimum absolute atomic E-state index is 0.00479. The average molecular weight is 366 g/mol. The van der Waals surface area contributed by atoms with E-state index in [1.807, 2.05) is 11.9 Å². The van der Waals surface area contributed by atoms with Gasteiger partial charge in [-0.05, 0) is 19.5 Å². The first kappa shape index (κ1) is 16.3. The quantitative estimate of drug-likeness (QED) is 0.758. The molecule has 1 fully saturated rings. The molecule has 3 N–H and O–H groups in total. The number of sulfonamides is 1. The zero-order valence-electron chi connectivity index (χ0n) is 12.3. The minimum Gasteiger partial charge on any atom is -0.304 e. The molecule has 1 aromatic heterocycles. The predicted molar refractivity (Wildman–Crippen MR) is 84.1 cm³/mol. The van der Waals surface area contributed by atoms with Crippen LogP contribution in [0.2, 0.25) is 0 Å². The van der Waals surface area contributed by atoms with E-state index in [9.17, 15) is 16.8 Å². The van der Waals surface area contributed by atoms with Gasteiger partial charge < -0.3 is 5.32 Å². The average Bonchev–Trinajstić information content (AvgIpc) is 2.86. The fourth-order valence-corrected chi connectivity index (χ4v) is 7.60. The van der Waals surface area contributed by atoms with Gasteiger partial charge in [0.15, 0.2) is 9.84 Å².